The molecule has 21 heavy (non-hydrogen) atoms. The van der Waals surface area contributed by atoms with Crippen molar-refractivity contribution < 1.29 is 9.30 Å². The number of nitrogens with zero attached hydrogens (tertiary/aromatic N) is 2. The number of aryl methyl sites for hydroxylation is 2. The highest BCUT2D eigenvalue weighted by atomic mass is 16.5. The van der Waals surface area contributed by atoms with E-state index >= 15 is 0 Å². The highest BCUT2D eigenvalue weighted by molar-refractivity contribution is 5.92. The Kier molecular flexibility index (Phi) is 3.48. The van der Waals surface area contributed by atoms with E-state index in [9.17, 15) is 0 Å². The summed E-state index contributed by atoms with van der Waals surface area (Å²) < 4.78 is 9.45. The number of rotatable bonds is 3. The van der Waals surface area contributed by atoms with Crippen molar-refractivity contribution in [2.45, 2.75) is 0 Å². The molecule has 3 rings (SSSR count). The van der Waals surface area contributed by atoms with Gasteiger partial charge in [0.2, 0.25) is 0 Å². The van der Waals surface area contributed by atoms with Crippen molar-refractivity contribution in [1.82, 2.24) is 4.57 Å². The molecule has 3 heteroatoms. The van der Waals surface area contributed by atoms with Crippen LogP contribution in [-0.2, 0) is 14.1 Å². The molecule has 0 N–H and O–H groups in total. The van der Waals surface area contributed by atoms with Crippen LogP contribution in [0, 0.1) is 0 Å². The van der Waals surface area contributed by atoms with E-state index in [2.05, 4.69) is 54.2 Å². The molecule has 2 heterocycles. The van der Waals surface area contributed by atoms with Crippen LogP contribution in [0.15, 0.2) is 48.9 Å². The molecule has 0 aliphatic heterocycles. The molecule has 0 fully saturated rings. The van der Waals surface area contributed by atoms with Crippen molar-refractivity contribution in [3.05, 3.63) is 60.0 Å². The van der Waals surface area contributed by atoms with Crippen LogP contribution < -0.4 is 9.30 Å². The van der Waals surface area contributed by atoms with Crippen molar-refractivity contribution in [2.75, 3.05) is 7.11 Å². The fourth-order valence-electron chi connectivity index (χ4n) is 2.46. The molecule has 1 aromatic carbocycles. The third-order valence-corrected chi connectivity index (χ3v) is 3.69. The second-order valence-electron chi connectivity index (χ2n) is 5.21. The molecule has 0 bridgehead atoms. The first-order valence-corrected chi connectivity index (χ1v) is 6.94. The zero-order valence-corrected chi connectivity index (χ0v) is 12.6. The Morgan fingerprint density at radius 3 is 2.57 bits per heavy atom. The maximum absolute atomic E-state index is 5.29. The lowest BCUT2D eigenvalue weighted by Crippen LogP contribution is -2.25. The van der Waals surface area contributed by atoms with Crippen molar-refractivity contribution in [3.63, 3.8) is 0 Å². The molecule has 3 aromatic rings. The minimum Gasteiger partial charge on any atom is -0.497 e. The van der Waals surface area contributed by atoms with Gasteiger partial charge in [-0.05, 0) is 23.3 Å². The summed E-state index contributed by atoms with van der Waals surface area (Å²) in [7, 11) is 5.77. The van der Waals surface area contributed by atoms with Gasteiger partial charge in [-0.25, -0.2) is 4.57 Å². The Hall–Kier alpha value is -2.55. The van der Waals surface area contributed by atoms with Crippen molar-refractivity contribution in [1.29, 1.82) is 0 Å². The monoisotopic (exact) mass is 279 g/mol. The Morgan fingerprint density at radius 2 is 1.86 bits per heavy atom. The fourth-order valence-corrected chi connectivity index (χ4v) is 2.46. The van der Waals surface area contributed by atoms with Gasteiger partial charge >= 0.3 is 0 Å². The van der Waals surface area contributed by atoms with E-state index in [-0.39, 0.29) is 0 Å². The minimum atomic E-state index is 0.884. The quantitative estimate of drug-likeness (QED) is 0.673. The van der Waals surface area contributed by atoms with Gasteiger partial charge in [0, 0.05) is 36.8 Å². The molecule has 0 aliphatic rings. The predicted octanol–water partition coefficient (Wildman–Crippen LogP) is 3.18. The molecule has 0 aliphatic carbocycles. The number of methoxy groups -OCH3 is 1. The number of aromatic nitrogens is 2. The van der Waals surface area contributed by atoms with Gasteiger partial charge in [-0.15, -0.1) is 0 Å². The van der Waals surface area contributed by atoms with Crippen LogP contribution in [-0.4, -0.2) is 11.7 Å². The molecular weight excluding hydrogens is 260 g/mol. The zero-order valence-electron chi connectivity index (χ0n) is 12.6. The largest absolute Gasteiger partial charge is 0.497 e. The Labute approximate surface area is 124 Å². The van der Waals surface area contributed by atoms with Gasteiger partial charge in [0.05, 0.1) is 12.6 Å². The first-order valence-electron chi connectivity index (χ1n) is 6.94. The minimum absolute atomic E-state index is 0.884. The molecule has 106 valence electrons. The van der Waals surface area contributed by atoms with Crippen LogP contribution in [0.25, 0.3) is 23.1 Å². The SMILES string of the molecule is COc1ccc2c(/C=C/c3cc[n+](C)cc3)cn(C)c2c1. The lowest BCUT2D eigenvalue weighted by Gasteiger charge is -2.01. The third-order valence-electron chi connectivity index (χ3n) is 3.69. The van der Waals surface area contributed by atoms with E-state index in [1.807, 2.05) is 30.1 Å². The smallest absolute Gasteiger partial charge is 0.169 e. The van der Waals surface area contributed by atoms with E-state index < -0.39 is 0 Å². The highest BCUT2D eigenvalue weighted by Crippen LogP contribution is 2.26. The van der Waals surface area contributed by atoms with Gasteiger partial charge in [0.1, 0.15) is 12.8 Å². The molecule has 2 aromatic heterocycles. The maximum Gasteiger partial charge on any atom is 0.169 e. The summed E-state index contributed by atoms with van der Waals surface area (Å²) >= 11 is 0. The predicted molar refractivity (Wildman–Crippen MR) is 86.0 cm³/mol. The number of benzene rings is 1. The summed E-state index contributed by atoms with van der Waals surface area (Å²) in [6, 6.07) is 10.4. The topological polar surface area (TPSA) is 18.0 Å². The van der Waals surface area contributed by atoms with Crippen molar-refractivity contribution >= 4 is 23.1 Å². The Morgan fingerprint density at radius 1 is 1.10 bits per heavy atom. The molecule has 0 saturated heterocycles. The van der Waals surface area contributed by atoms with Gasteiger partial charge in [0.15, 0.2) is 12.4 Å². The highest BCUT2D eigenvalue weighted by Gasteiger charge is 2.05. The van der Waals surface area contributed by atoms with E-state index in [4.69, 9.17) is 4.74 Å². The van der Waals surface area contributed by atoms with E-state index in [0.29, 0.717) is 0 Å². The summed E-state index contributed by atoms with van der Waals surface area (Å²) in [5.41, 5.74) is 3.58. The second kappa shape index (κ2) is 5.44. The summed E-state index contributed by atoms with van der Waals surface area (Å²) in [6.45, 7) is 0. The summed E-state index contributed by atoms with van der Waals surface area (Å²) in [5.74, 6) is 0.884. The summed E-state index contributed by atoms with van der Waals surface area (Å²) in [6.07, 6.45) is 10.5. The lowest BCUT2D eigenvalue weighted by molar-refractivity contribution is -0.671. The summed E-state index contributed by atoms with van der Waals surface area (Å²) in [5, 5.41) is 1.23. The van der Waals surface area contributed by atoms with Crippen LogP contribution in [0.3, 0.4) is 0 Å². The van der Waals surface area contributed by atoms with Crippen LogP contribution in [0.4, 0.5) is 0 Å². The second-order valence-corrected chi connectivity index (χ2v) is 5.21. The Balaban J connectivity index is 1.99. The molecule has 0 unspecified atom stereocenters. The number of hydrogen-bond acceptors (Lipinski definition) is 1. The van der Waals surface area contributed by atoms with E-state index in [1.54, 1.807) is 7.11 Å². The summed E-state index contributed by atoms with van der Waals surface area (Å²) in [4.78, 5) is 0. The molecular formula is C18H19N2O+. The van der Waals surface area contributed by atoms with Gasteiger partial charge in [-0.3, -0.25) is 0 Å². The molecule has 0 atom stereocenters. The van der Waals surface area contributed by atoms with Crippen LogP contribution in [0.1, 0.15) is 11.1 Å². The lowest BCUT2D eigenvalue weighted by atomic mass is 10.1. The Bertz CT molecular complexity index is 798. The average molecular weight is 279 g/mol. The fraction of sp³-hybridized carbons (Fsp3) is 0.167. The standard InChI is InChI=1S/C18H19N2O/c1-19-10-8-14(9-11-19)4-5-15-13-20(2)18-12-16(21-3)6-7-17(15)18/h4-13H,1-3H3/q+1. The third kappa shape index (κ3) is 2.68. The van der Waals surface area contributed by atoms with Crippen LogP contribution in [0.5, 0.6) is 5.75 Å². The van der Waals surface area contributed by atoms with E-state index in [1.165, 1.54) is 22.0 Å². The first-order chi connectivity index (χ1) is 10.2. The molecule has 3 nitrogen and oxygen atoms in total. The molecule has 0 spiro atoms. The number of pyridine rings is 1. The number of fused-ring (bicyclic) bond motifs is 1. The normalized spacial score (nSPS) is 11.4. The van der Waals surface area contributed by atoms with Gasteiger partial charge < -0.3 is 9.30 Å². The van der Waals surface area contributed by atoms with Crippen LogP contribution in [0.2, 0.25) is 0 Å². The van der Waals surface area contributed by atoms with Gasteiger partial charge in [-0.2, -0.15) is 0 Å². The number of ether oxygens (including phenoxy) is 1. The van der Waals surface area contributed by atoms with E-state index in [0.717, 1.165) is 5.75 Å². The van der Waals surface area contributed by atoms with Gasteiger partial charge in [-0.1, -0.05) is 12.2 Å². The maximum atomic E-state index is 5.29. The first kappa shape index (κ1) is 13.4. The van der Waals surface area contributed by atoms with Crippen LogP contribution >= 0.6 is 0 Å². The molecule has 0 radical (unpaired) electrons. The number of hydrogen-bond donors (Lipinski definition) is 0. The van der Waals surface area contributed by atoms with Crippen molar-refractivity contribution in [3.8, 4) is 5.75 Å². The van der Waals surface area contributed by atoms with Gasteiger partial charge in [0.25, 0.3) is 0 Å². The molecule has 0 saturated carbocycles. The average Bonchev–Trinajstić information content (AvgIpc) is 2.82. The zero-order chi connectivity index (χ0) is 14.8. The molecule has 0 amide bonds. The van der Waals surface area contributed by atoms with Crippen molar-refractivity contribution in [2.24, 2.45) is 14.1 Å².